The third-order valence-corrected chi connectivity index (χ3v) is 1.83. The third-order valence-electron chi connectivity index (χ3n) is 1.47. The van der Waals surface area contributed by atoms with Gasteiger partial charge in [0.25, 0.3) is 0 Å². The topological polar surface area (TPSA) is 3.24 Å². The Labute approximate surface area is 70.7 Å². The summed E-state index contributed by atoms with van der Waals surface area (Å²) in [7, 11) is 0. The Kier molecular flexibility index (Phi) is 6.33. The molecule has 0 saturated heterocycles. The number of halogens is 2. The molecule has 0 amide bonds. The molecule has 0 heterocycles. The zero-order valence-corrected chi connectivity index (χ0v) is 8.19. The highest BCUT2D eigenvalue weighted by molar-refractivity contribution is 9.09. The Morgan fingerprint density at radius 3 is 2.30 bits per heavy atom. The fraction of sp³-hybridized carbons (Fsp3) is 1.00. The molecule has 0 aromatic heterocycles. The van der Waals surface area contributed by atoms with Gasteiger partial charge in [-0.25, -0.2) is 4.39 Å². The molecule has 3 heteroatoms. The molecule has 0 aliphatic rings. The summed E-state index contributed by atoms with van der Waals surface area (Å²) in [6.07, 6.45) is 0. The predicted octanol–water partition coefficient (Wildman–Crippen LogP) is 2.06. The van der Waals surface area contributed by atoms with Crippen molar-refractivity contribution in [3.05, 3.63) is 0 Å². The Balaban J connectivity index is 3.50. The minimum atomic E-state index is -0.245. The van der Waals surface area contributed by atoms with Gasteiger partial charge in [0, 0.05) is 24.5 Å². The van der Waals surface area contributed by atoms with Crippen molar-refractivity contribution in [3.63, 3.8) is 0 Å². The highest BCUT2D eigenvalue weighted by Crippen LogP contribution is 1.98. The molecule has 0 aliphatic heterocycles. The van der Waals surface area contributed by atoms with E-state index in [0.29, 0.717) is 12.6 Å². The van der Waals surface area contributed by atoms with E-state index in [2.05, 4.69) is 34.7 Å². The molecule has 0 atom stereocenters. The van der Waals surface area contributed by atoms with Crippen LogP contribution in [0.2, 0.25) is 0 Å². The van der Waals surface area contributed by atoms with E-state index >= 15 is 0 Å². The van der Waals surface area contributed by atoms with Crippen molar-refractivity contribution in [2.45, 2.75) is 19.9 Å². The van der Waals surface area contributed by atoms with Crippen molar-refractivity contribution >= 4 is 15.9 Å². The molecule has 0 fully saturated rings. The molecule has 0 bridgehead atoms. The van der Waals surface area contributed by atoms with Crippen LogP contribution in [0.5, 0.6) is 0 Å². The average molecular weight is 212 g/mol. The lowest BCUT2D eigenvalue weighted by Crippen LogP contribution is -2.34. The summed E-state index contributed by atoms with van der Waals surface area (Å²) in [6, 6.07) is 0.452. The number of rotatable bonds is 5. The summed E-state index contributed by atoms with van der Waals surface area (Å²) in [5.74, 6) is 0. The lowest BCUT2D eigenvalue weighted by Gasteiger charge is -2.23. The molecule has 0 N–H and O–H groups in total. The van der Waals surface area contributed by atoms with Gasteiger partial charge in [0.15, 0.2) is 0 Å². The van der Waals surface area contributed by atoms with E-state index in [1.54, 1.807) is 0 Å². The molecule has 0 rings (SSSR count). The normalized spacial score (nSPS) is 11.4. The quantitative estimate of drug-likeness (QED) is 0.630. The van der Waals surface area contributed by atoms with Crippen LogP contribution in [0.15, 0.2) is 0 Å². The SMILES string of the molecule is CC(C)N(CCF)CCBr. The minimum Gasteiger partial charge on any atom is -0.298 e. The number of alkyl halides is 2. The van der Waals surface area contributed by atoms with Crippen LogP contribution in [0.25, 0.3) is 0 Å². The van der Waals surface area contributed by atoms with Gasteiger partial charge in [-0.15, -0.1) is 0 Å². The van der Waals surface area contributed by atoms with Gasteiger partial charge in [0.05, 0.1) is 0 Å². The van der Waals surface area contributed by atoms with Gasteiger partial charge in [0.1, 0.15) is 6.67 Å². The summed E-state index contributed by atoms with van der Waals surface area (Å²) in [5, 5.41) is 0.922. The van der Waals surface area contributed by atoms with E-state index in [-0.39, 0.29) is 6.67 Å². The molecule has 1 nitrogen and oxygen atoms in total. The van der Waals surface area contributed by atoms with Crippen LogP contribution < -0.4 is 0 Å². The van der Waals surface area contributed by atoms with Gasteiger partial charge in [0.2, 0.25) is 0 Å². The van der Waals surface area contributed by atoms with E-state index < -0.39 is 0 Å². The first kappa shape index (κ1) is 10.4. The van der Waals surface area contributed by atoms with E-state index in [0.717, 1.165) is 11.9 Å². The van der Waals surface area contributed by atoms with Crippen molar-refractivity contribution < 1.29 is 4.39 Å². The first-order valence-electron chi connectivity index (χ1n) is 3.58. The highest BCUT2D eigenvalue weighted by Gasteiger charge is 2.06. The first-order valence-corrected chi connectivity index (χ1v) is 4.70. The van der Waals surface area contributed by atoms with E-state index in [1.165, 1.54) is 0 Å². The van der Waals surface area contributed by atoms with Gasteiger partial charge in [-0.2, -0.15) is 0 Å². The average Bonchev–Trinajstić information content (AvgIpc) is 1.87. The zero-order valence-electron chi connectivity index (χ0n) is 6.61. The summed E-state index contributed by atoms with van der Waals surface area (Å²) in [4.78, 5) is 2.11. The molecular weight excluding hydrogens is 197 g/mol. The molecular formula is C7H15BrFN. The van der Waals surface area contributed by atoms with Crippen molar-refractivity contribution in [2.24, 2.45) is 0 Å². The molecule has 0 unspecified atom stereocenters. The second kappa shape index (κ2) is 6.10. The molecule has 0 aliphatic carbocycles. The van der Waals surface area contributed by atoms with Crippen LogP contribution in [-0.2, 0) is 0 Å². The van der Waals surface area contributed by atoms with Crippen LogP contribution in [0.4, 0.5) is 4.39 Å². The van der Waals surface area contributed by atoms with Gasteiger partial charge < -0.3 is 0 Å². The van der Waals surface area contributed by atoms with Crippen molar-refractivity contribution in [2.75, 3.05) is 25.1 Å². The molecule has 0 aromatic rings. The Morgan fingerprint density at radius 2 is 2.00 bits per heavy atom. The number of nitrogens with zero attached hydrogens (tertiary/aromatic N) is 1. The molecule has 0 aromatic carbocycles. The molecule has 0 spiro atoms. The third kappa shape index (κ3) is 4.23. The summed E-state index contributed by atoms with van der Waals surface area (Å²) < 4.78 is 11.9. The van der Waals surface area contributed by atoms with Gasteiger partial charge in [-0.05, 0) is 13.8 Å². The van der Waals surface area contributed by atoms with Gasteiger partial charge >= 0.3 is 0 Å². The van der Waals surface area contributed by atoms with Crippen molar-refractivity contribution in [1.29, 1.82) is 0 Å². The van der Waals surface area contributed by atoms with Crippen LogP contribution in [0, 0.1) is 0 Å². The van der Waals surface area contributed by atoms with E-state index in [9.17, 15) is 4.39 Å². The van der Waals surface area contributed by atoms with Gasteiger partial charge in [-0.1, -0.05) is 15.9 Å². The van der Waals surface area contributed by atoms with Gasteiger partial charge in [-0.3, -0.25) is 4.90 Å². The lowest BCUT2D eigenvalue weighted by atomic mass is 10.3. The molecule has 0 saturated carbocycles. The second-order valence-corrected chi connectivity index (χ2v) is 3.30. The summed E-state index contributed by atoms with van der Waals surface area (Å²) in [6.45, 7) is 5.41. The van der Waals surface area contributed by atoms with Crippen molar-refractivity contribution in [3.8, 4) is 0 Å². The number of hydrogen-bond donors (Lipinski definition) is 0. The van der Waals surface area contributed by atoms with E-state index in [4.69, 9.17) is 0 Å². The molecule has 0 radical (unpaired) electrons. The maximum atomic E-state index is 11.9. The smallest absolute Gasteiger partial charge is 0.102 e. The standard InChI is InChI=1S/C7H15BrFN/c1-7(2)10(5-3-8)6-4-9/h7H,3-6H2,1-2H3. The molecule has 62 valence electrons. The monoisotopic (exact) mass is 211 g/mol. The fourth-order valence-electron chi connectivity index (χ4n) is 0.845. The maximum Gasteiger partial charge on any atom is 0.102 e. The van der Waals surface area contributed by atoms with Crippen molar-refractivity contribution in [1.82, 2.24) is 4.90 Å². The Bertz CT molecular complexity index is 72.0. The molecule has 10 heavy (non-hydrogen) atoms. The van der Waals surface area contributed by atoms with Crippen LogP contribution >= 0.6 is 15.9 Å². The lowest BCUT2D eigenvalue weighted by molar-refractivity contribution is 0.216. The summed E-state index contributed by atoms with van der Waals surface area (Å²) in [5.41, 5.74) is 0. The summed E-state index contributed by atoms with van der Waals surface area (Å²) >= 11 is 3.32. The van der Waals surface area contributed by atoms with Crippen LogP contribution in [-0.4, -0.2) is 36.0 Å². The zero-order chi connectivity index (χ0) is 7.98. The second-order valence-electron chi connectivity index (χ2n) is 2.51. The van der Waals surface area contributed by atoms with Crippen LogP contribution in [0.1, 0.15) is 13.8 Å². The first-order chi connectivity index (χ1) is 4.72. The largest absolute Gasteiger partial charge is 0.298 e. The van der Waals surface area contributed by atoms with E-state index in [1.807, 2.05) is 0 Å². The fourth-order valence-corrected chi connectivity index (χ4v) is 1.30. The van der Waals surface area contributed by atoms with Crippen LogP contribution in [0.3, 0.4) is 0 Å². The predicted molar refractivity (Wildman–Crippen MR) is 46.5 cm³/mol. The maximum absolute atomic E-state index is 11.9. The Hall–Kier alpha value is 0.370. The number of hydrogen-bond acceptors (Lipinski definition) is 1. The minimum absolute atomic E-state index is 0.245. The Morgan fingerprint density at radius 1 is 1.40 bits per heavy atom. The highest BCUT2D eigenvalue weighted by atomic mass is 79.9.